The first-order valence-corrected chi connectivity index (χ1v) is 7.77. The van der Waals surface area contributed by atoms with Gasteiger partial charge in [-0.2, -0.15) is 0 Å². The third kappa shape index (κ3) is 2.20. The van der Waals surface area contributed by atoms with Gasteiger partial charge in [-0.3, -0.25) is 15.1 Å². The molecule has 2 heterocycles. The second kappa shape index (κ2) is 5.19. The lowest BCUT2D eigenvalue weighted by molar-refractivity contribution is -0.385. The molecule has 0 saturated carbocycles. The maximum Gasteiger partial charge on any atom is 0.270 e. The minimum absolute atomic E-state index is 0.168. The summed E-state index contributed by atoms with van der Waals surface area (Å²) in [4.78, 5) is 15.1. The molecule has 1 aromatic carbocycles. The molecule has 0 fully saturated rings. The first kappa shape index (κ1) is 13.9. The minimum atomic E-state index is -0.311. The molecular formula is C18H17N3O2. The van der Waals surface area contributed by atoms with Crippen molar-refractivity contribution in [2.45, 2.75) is 25.3 Å². The molecule has 1 aromatic heterocycles. The molecule has 23 heavy (non-hydrogen) atoms. The van der Waals surface area contributed by atoms with Gasteiger partial charge in [-0.25, -0.2) is 0 Å². The molecule has 5 nitrogen and oxygen atoms in total. The van der Waals surface area contributed by atoms with Gasteiger partial charge in [0, 0.05) is 36.1 Å². The number of hydrogen-bond donors (Lipinski definition) is 1. The Morgan fingerprint density at radius 3 is 3.00 bits per heavy atom. The van der Waals surface area contributed by atoms with Gasteiger partial charge < -0.3 is 5.32 Å². The summed E-state index contributed by atoms with van der Waals surface area (Å²) in [6, 6.07) is 7.59. The van der Waals surface area contributed by atoms with Crippen LogP contribution in [-0.4, -0.2) is 9.91 Å². The number of nitro groups is 1. The number of fused-ring (bicyclic) bond motifs is 3. The zero-order valence-corrected chi connectivity index (χ0v) is 12.8. The summed E-state index contributed by atoms with van der Waals surface area (Å²) >= 11 is 0. The van der Waals surface area contributed by atoms with Crippen LogP contribution in [0.5, 0.6) is 0 Å². The molecule has 2 aliphatic rings. The third-order valence-corrected chi connectivity index (χ3v) is 4.91. The summed E-state index contributed by atoms with van der Waals surface area (Å²) in [5, 5.41) is 14.8. The molecule has 2 aromatic rings. The summed E-state index contributed by atoms with van der Waals surface area (Å²) in [6.45, 7) is 1.93. The fourth-order valence-corrected chi connectivity index (χ4v) is 3.86. The largest absolute Gasteiger partial charge is 0.377 e. The van der Waals surface area contributed by atoms with E-state index in [1.54, 1.807) is 18.3 Å². The van der Waals surface area contributed by atoms with Crippen molar-refractivity contribution < 1.29 is 4.92 Å². The molecule has 0 spiro atoms. The van der Waals surface area contributed by atoms with Gasteiger partial charge in [-0.05, 0) is 42.0 Å². The van der Waals surface area contributed by atoms with Crippen LogP contribution in [0.25, 0.3) is 0 Å². The smallest absolute Gasteiger partial charge is 0.270 e. The molecule has 0 saturated heterocycles. The van der Waals surface area contributed by atoms with Gasteiger partial charge in [0.2, 0.25) is 0 Å². The van der Waals surface area contributed by atoms with Gasteiger partial charge in [-0.1, -0.05) is 18.2 Å². The van der Waals surface area contributed by atoms with Crippen molar-refractivity contribution in [3.63, 3.8) is 0 Å². The zero-order chi connectivity index (χ0) is 16.0. The van der Waals surface area contributed by atoms with Crippen molar-refractivity contribution in [2.24, 2.45) is 5.92 Å². The van der Waals surface area contributed by atoms with Crippen molar-refractivity contribution in [3.05, 3.63) is 75.6 Å². The van der Waals surface area contributed by atoms with Crippen LogP contribution < -0.4 is 5.32 Å². The predicted molar refractivity (Wildman–Crippen MR) is 88.4 cm³/mol. The number of allylic oxidation sites excluding steroid dienone is 2. The van der Waals surface area contributed by atoms with Crippen LogP contribution in [0.1, 0.15) is 35.1 Å². The number of rotatable bonds is 2. The number of nitro benzene ring substituents is 1. The molecule has 3 atom stereocenters. The van der Waals surface area contributed by atoms with Crippen LogP contribution in [0.2, 0.25) is 0 Å². The Morgan fingerprint density at radius 2 is 2.26 bits per heavy atom. The second-order valence-electron chi connectivity index (χ2n) is 6.25. The van der Waals surface area contributed by atoms with Crippen molar-refractivity contribution >= 4 is 11.4 Å². The number of nitrogens with one attached hydrogen (secondary N) is 1. The Bertz CT molecular complexity index is 801. The fraction of sp³-hybridized carbons (Fsp3) is 0.278. The van der Waals surface area contributed by atoms with E-state index in [2.05, 4.69) is 28.5 Å². The van der Waals surface area contributed by atoms with E-state index in [4.69, 9.17) is 0 Å². The van der Waals surface area contributed by atoms with Crippen molar-refractivity contribution in [2.75, 3.05) is 5.32 Å². The SMILES string of the molecule is Cc1cc([N+](=O)[O-])cc2c1N[C@H](c1cccnc1)C1CC=CC21. The van der Waals surface area contributed by atoms with E-state index in [-0.39, 0.29) is 22.6 Å². The lowest BCUT2D eigenvalue weighted by Gasteiger charge is -2.38. The zero-order valence-electron chi connectivity index (χ0n) is 12.8. The topological polar surface area (TPSA) is 68.1 Å². The molecule has 116 valence electrons. The van der Waals surface area contributed by atoms with E-state index in [0.29, 0.717) is 5.92 Å². The summed E-state index contributed by atoms with van der Waals surface area (Å²) in [5.41, 5.74) is 4.31. The van der Waals surface area contributed by atoms with Crippen molar-refractivity contribution in [1.29, 1.82) is 0 Å². The van der Waals surface area contributed by atoms with Gasteiger partial charge in [-0.15, -0.1) is 0 Å². The number of nitrogens with zero attached hydrogens (tertiary/aromatic N) is 2. The highest BCUT2D eigenvalue weighted by molar-refractivity contribution is 5.67. The van der Waals surface area contributed by atoms with Gasteiger partial charge >= 0.3 is 0 Å². The van der Waals surface area contributed by atoms with E-state index < -0.39 is 0 Å². The summed E-state index contributed by atoms with van der Waals surface area (Å²) in [7, 11) is 0. The first-order valence-electron chi connectivity index (χ1n) is 7.77. The van der Waals surface area contributed by atoms with Gasteiger partial charge in [0.25, 0.3) is 5.69 Å². The lowest BCUT2D eigenvalue weighted by Crippen LogP contribution is -2.29. The van der Waals surface area contributed by atoms with E-state index in [9.17, 15) is 10.1 Å². The molecule has 4 rings (SSSR count). The third-order valence-electron chi connectivity index (χ3n) is 4.91. The van der Waals surface area contributed by atoms with E-state index in [1.807, 2.05) is 19.2 Å². The maximum atomic E-state index is 11.2. The summed E-state index contributed by atoms with van der Waals surface area (Å²) < 4.78 is 0. The molecule has 1 aliphatic carbocycles. The predicted octanol–water partition coefficient (Wildman–Crippen LogP) is 4.12. The van der Waals surface area contributed by atoms with E-state index >= 15 is 0 Å². The van der Waals surface area contributed by atoms with Crippen LogP contribution in [0, 0.1) is 23.0 Å². The molecule has 2 unspecified atom stereocenters. The Hall–Kier alpha value is -2.69. The quantitative estimate of drug-likeness (QED) is 0.514. The lowest BCUT2D eigenvalue weighted by atomic mass is 9.76. The number of non-ortho nitro benzene ring substituents is 1. The number of aromatic nitrogens is 1. The highest BCUT2D eigenvalue weighted by Crippen LogP contribution is 2.51. The number of aryl methyl sites for hydroxylation is 1. The average Bonchev–Trinajstić information content (AvgIpc) is 3.04. The molecule has 5 heteroatoms. The van der Waals surface area contributed by atoms with Crippen LogP contribution >= 0.6 is 0 Å². The van der Waals surface area contributed by atoms with E-state index in [0.717, 1.165) is 28.8 Å². The maximum absolute atomic E-state index is 11.2. The van der Waals surface area contributed by atoms with Gasteiger partial charge in [0.1, 0.15) is 0 Å². The first-order chi connectivity index (χ1) is 11.1. The van der Waals surface area contributed by atoms with Gasteiger partial charge in [0.05, 0.1) is 11.0 Å². The second-order valence-corrected chi connectivity index (χ2v) is 6.25. The van der Waals surface area contributed by atoms with Gasteiger partial charge in [0.15, 0.2) is 0 Å². The Kier molecular flexibility index (Phi) is 3.15. The molecular weight excluding hydrogens is 290 g/mol. The minimum Gasteiger partial charge on any atom is -0.377 e. The average molecular weight is 307 g/mol. The summed E-state index contributed by atoms with van der Waals surface area (Å²) in [5.74, 6) is 0.586. The van der Waals surface area contributed by atoms with Crippen LogP contribution in [0.3, 0.4) is 0 Å². The number of hydrogen-bond acceptors (Lipinski definition) is 4. The Labute approximate surface area is 134 Å². The van der Waals surface area contributed by atoms with Crippen molar-refractivity contribution in [3.8, 4) is 0 Å². The number of pyridine rings is 1. The molecule has 0 radical (unpaired) electrons. The highest BCUT2D eigenvalue weighted by atomic mass is 16.6. The molecule has 1 N–H and O–H groups in total. The van der Waals surface area contributed by atoms with E-state index in [1.165, 1.54) is 0 Å². The molecule has 0 amide bonds. The van der Waals surface area contributed by atoms with Crippen LogP contribution in [0.15, 0.2) is 48.8 Å². The number of benzene rings is 1. The van der Waals surface area contributed by atoms with Crippen molar-refractivity contribution in [1.82, 2.24) is 4.98 Å². The van der Waals surface area contributed by atoms with Crippen LogP contribution in [-0.2, 0) is 0 Å². The Balaban J connectivity index is 1.84. The summed E-state index contributed by atoms with van der Waals surface area (Å²) in [6.07, 6.45) is 9.02. The fourth-order valence-electron chi connectivity index (χ4n) is 3.86. The highest BCUT2D eigenvalue weighted by Gasteiger charge is 2.39. The Morgan fingerprint density at radius 1 is 1.39 bits per heavy atom. The standard InChI is InChI=1S/C18H17N3O2/c1-11-8-13(21(22)23)9-16-14-5-2-6-15(14)18(20-17(11)16)12-4-3-7-19-10-12/h2-5,7-10,14-15,18,20H,6H2,1H3/t14?,15?,18-/m1/s1. The monoisotopic (exact) mass is 307 g/mol. The molecule has 1 aliphatic heterocycles. The van der Waals surface area contributed by atoms with Crippen LogP contribution in [0.4, 0.5) is 11.4 Å². The molecule has 0 bridgehead atoms. The normalized spacial score (nSPS) is 24.7. The number of anilines is 1.